The van der Waals surface area contributed by atoms with Gasteiger partial charge in [0.25, 0.3) is 5.91 Å². The molecule has 2 aromatic carbocycles. The van der Waals surface area contributed by atoms with Crippen molar-refractivity contribution in [1.29, 1.82) is 0 Å². The van der Waals surface area contributed by atoms with Crippen molar-refractivity contribution in [3.05, 3.63) is 88.2 Å². The van der Waals surface area contributed by atoms with E-state index in [0.717, 1.165) is 10.5 Å². The van der Waals surface area contributed by atoms with Crippen LogP contribution in [0.15, 0.2) is 71.5 Å². The number of para-hydroxylation sites is 1. The minimum Gasteiger partial charge on any atom is -0.355 e. The van der Waals surface area contributed by atoms with E-state index in [1.54, 1.807) is 29.6 Å². The lowest BCUT2D eigenvalue weighted by Gasteiger charge is -2.18. The Bertz CT molecular complexity index is 1610. The fraction of sp³-hybridized carbons (Fsp3) is 0.120. The van der Waals surface area contributed by atoms with E-state index in [1.807, 2.05) is 0 Å². The van der Waals surface area contributed by atoms with Crippen LogP contribution in [0.25, 0.3) is 11.4 Å². The minimum absolute atomic E-state index is 0.252. The molecule has 0 radical (unpaired) electrons. The van der Waals surface area contributed by atoms with Gasteiger partial charge in [-0.25, -0.2) is 9.97 Å². The van der Waals surface area contributed by atoms with Gasteiger partial charge >= 0.3 is 12.4 Å². The van der Waals surface area contributed by atoms with E-state index in [2.05, 4.69) is 41.5 Å². The van der Waals surface area contributed by atoms with Crippen molar-refractivity contribution in [2.24, 2.45) is 0 Å². The lowest BCUT2D eigenvalue weighted by molar-refractivity contribution is -0.138. The minimum atomic E-state index is -5.02. The Kier molecular flexibility index (Phi) is 6.67. The lowest BCUT2D eigenvalue weighted by Crippen LogP contribution is -2.19. The molecule has 4 aromatic rings. The van der Waals surface area contributed by atoms with Crippen molar-refractivity contribution in [1.82, 2.24) is 20.3 Å². The number of carbonyl (C=O) groups is 1. The number of amides is 1. The molecule has 0 aliphatic heterocycles. The molecule has 0 unspecified atom stereocenters. The number of nitrogens with one attached hydrogen (secondary N) is 3. The third-order valence-electron chi connectivity index (χ3n) is 5.20. The van der Waals surface area contributed by atoms with Crippen LogP contribution >= 0.6 is 15.9 Å². The maximum absolute atomic E-state index is 13.9. The molecule has 1 amide bonds. The molecule has 2 heterocycles. The van der Waals surface area contributed by atoms with Crippen LogP contribution in [-0.4, -0.2) is 27.8 Å². The first-order valence-corrected chi connectivity index (χ1v) is 11.5. The van der Waals surface area contributed by atoms with Gasteiger partial charge in [0.1, 0.15) is 11.3 Å². The van der Waals surface area contributed by atoms with Crippen LogP contribution in [0.1, 0.15) is 25.6 Å². The summed E-state index contributed by atoms with van der Waals surface area (Å²) in [7, 11) is 0. The van der Waals surface area contributed by atoms with Gasteiger partial charge < -0.3 is 16.0 Å². The molecule has 0 fully saturated rings. The number of carbonyl (C=O) groups excluding carboxylic acids is 1. The molecule has 39 heavy (non-hydrogen) atoms. The highest BCUT2D eigenvalue weighted by atomic mass is 79.9. The number of rotatable bonds is 6. The summed E-state index contributed by atoms with van der Waals surface area (Å²) in [6, 6.07) is 12.2. The number of nitrogens with zero attached hydrogens (tertiary/aromatic N) is 3. The van der Waals surface area contributed by atoms with Crippen molar-refractivity contribution in [2.75, 3.05) is 17.6 Å². The number of anilines is 4. The zero-order valence-electron chi connectivity index (χ0n) is 22.2. The molecule has 202 valence electrons. The maximum atomic E-state index is 13.9. The Morgan fingerprint density at radius 2 is 1.54 bits per heavy atom. The Hall–Kier alpha value is -4.20. The van der Waals surface area contributed by atoms with E-state index in [9.17, 15) is 31.1 Å². The summed E-state index contributed by atoms with van der Waals surface area (Å²) < 4.78 is 106. The Balaban J connectivity index is 1.82. The number of hydrogen-bond donors (Lipinski definition) is 3. The van der Waals surface area contributed by atoms with Gasteiger partial charge in [-0.05, 0) is 42.5 Å². The summed E-state index contributed by atoms with van der Waals surface area (Å²) in [6.07, 6.45) is -9.21. The molecule has 0 saturated heterocycles. The third-order valence-corrected chi connectivity index (χ3v) is 5.73. The summed E-state index contributed by atoms with van der Waals surface area (Å²) in [4.78, 5) is 23.7. The Morgan fingerprint density at radius 1 is 0.872 bits per heavy atom. The van der Waals surface area contributed by atoms with Crippen LogP contribution in [0.4, 0.5) is 49.4 Å². The second-order valence-corrected chi connectivity index (χ2v) is 8.74. The van der Waals surface area contributed by atoms with Crippen LogP contribution in [0, 0.1) is 0 Å². The summed E-state index contributed by atoms with van der Waals surface area (Å²) in [5.74, 6) is -1.41. The zero-order chi connectivity index (χ0) is 30.9. The maximum Gasteiger partial charge on any atom is 0.420 e. The van der Waals surface area contributed by atoms with Gasteiger partial charge in [-0.1, -0.05) is 28.1 Å². The van der Waals surface area contributed by atoms with Gasteiger partial charge in [-0.2, -0.15) is 26.3 Å². The van der Waals surface area contributed by atoms with Gasteiger partial charge in [0.05, 0.1) is 28.2 Å². The van der Waals surface area contributed by atoms with E-state index >= 15 is 0 Å². The lowest BCUT2D eigenvalue weighted by atomic mass is 10.1. The summed E-state index contributed by atoms with van der Waals surface area (Å²) >= 11 is 3.25. The molecule has 0 spiro atoms. The van der Waals surface area contributed by atoms with E-state index in [0.29, 0.717) is 24.1 Å². The number of alkyl halides is 6. The molecule has 4 rings (SSSR count). The highest BCUT2D eigenvalue weighted by Gasteiger charge is 2.38. The van der Waals surface area contributed by atoms with E-state index in [4.69, 9.17) is 4.11 Å². The topological polar surface area (TPSA) is 91.8 Å². The zero-order valence-corrected chi connectivity index (χ0v) is 20.8. The molecule has 0 aliphatic rings. The van der Waals surface area contributed by atoms with Gasteiger partial charge in [0.15, 0.2) is 0 Å². The first-order chi connectivity index (χ1) is 19.5. The first-order valence-electron chi connectivity index (χ1n) is 12.2. The smallest absolute Gasteiger partial charge is 0.355 e. The van der Waals surface area contributed by atoms with Crippen LogP contribution < -0.4 is 16.0 Å². The quantitative estimate of drug-likeness (QED) is 0.199. The predicted molar refractivity (Wildman–Crippen MR) is 136 cm³/mol. The largest absolute Gasteiger partial charge is 0.420 e. The van der Waals surface area contributed by atoms with Gasteiger partial charge in [0.2, 0.25) is 5.95 Å². The third kappa shape index (κ3) is 6.45. The SMILES string of the molecule is [2H]C([2H])([2H])NC(=O)c1ccccc1Nc1cc(-c2nc(Nc3ccc(Br)cc3)ncc2C(F)(F)F)ncc1C(F)(F)F. The summed E-state index contributed by atoms with van der Waals surface area (Å²) in [5.41, 5.74) is -5.08. The highest BCUT2D eigenvalue weighted by Crippen LogP contribution is 2.40. The van der Waals surface area contributed by atoms with E-state index in [1.165, 1.54) is 18.2 Å². The van der Waals surface area contributed by atoms with Crippen molar-refractivity contribution in [3.8, 4) is 11.4 Å². The Morgan fingerprint density at radius 3 is 2.21 bits per heavy atom. The van der Waals surface area contributed by atoms with Crippen LogP contribution in [0.5, 0.6) is 0 Å². The monoisotopic (exact) mass is 613 g/mol. The molecular formula is C25H17BrF6N6O. The van der Waals surface area contributed by atoms with Crippen LogP contribution in [0.2, 0.25) is 0 Å². The van der Waals surface area contributed by atoms with E-state index < -0.39 is 53.4 Å². The first kappa shape index (κ1) is 23.9. The molecule has 0 saturated carbocycles. The van der Waals surface area contributed by atoms with Crippen molar-refractivity contribution < 1.29 is 35.2 Å². The number of halogens is 7. The molecule has 2 aromatic heterocycles. The second-order valence-electron chi connectivity index (χ2n) is 7.82. The van der Waals surface area contributed by atoms with Gasteiger partial charge in [-0.15, -0.1) is 0 Å². The average Bonchev–Trinajstić information content (AvgIpc) is 2.88. The Labute approximate surface area is 230 Å². The fourth-order valence-electron chi connectivity index (χ4n) is 3.42. The second kappa shape index (κ2) is 10.9. The number of benzene rings is 2. The van der Waals surface area contributed by atoms with Crippen LogP contribution in [-0.2, 0) is 12.4 Å². The molecule has 3 N–H and O–H groups in total. The van der Waals surface area contributed by atoms with Crippen molar-refractivity contribution >= 4 is 44.8 Å². The fourth-order valence-corrected chi connectivity index (χ4v) is 3.69. The predicted octanol–water partition coefficient (Wildman–Crippen LogP) is 7.19. The average molecular weight is 614 g/mol. The van der Waals surface area contributed by atoms with Gasteiger partial charge in [0, 0.05) is 33.6 Å². The molecule has 0 bridgehead atoms. The molecule has 14 heteroatoms. The number of aromatic nitrogens is 3. The standard InChI is InChI=1S/C25H17BrF6N6O/c1-33-22(39)15-4-2-3-5-18(15)37-19-10-20(34-11-16(19)24(27,28)29)21-17(25(30,31)32)12-35-23(38-21)36-14-8-6-13(26)7-9-14/h2-12H,1H3,(H,33,39)(H,34,37)(H,35,36,38)/i1D3. The molecular weight excluding hydrogens is 594 g/mol. The van der Waals surface area contributed by atoms with Crippen LogP contribution in [0.3, 0.4) is 0 Å². The summed E-state index contributed by atoms with van der Waals surface area (Å²) in [6.45, 7) is -2.89. The number of hydrogen-bond acceptors (Lipinski definition) is 6. The number of pyridine rings is 1. The molecule has 7 nitrogen and oxygen atoms in total. The van der Waals surface area contributed by atoms with Crippen molar-refractivity contribution in [3.63, 3.8) is 0 Å². The van der Waals surface area contributed by atoms with E-state index in [-0.39, 0.29) is 17.2 Å². The normalized spacial score (nSPS) is 13.2. The van der Waals surface area contributed by atoms with Gasteiger partial charge in [-0.3, -0.25) is 9.78 Å². The highest BCUT2D eigenvalue weighted by molar-refractivity contribution is 9.10. The van der Waals surface area contributed by atoms with Crippen molar-refractivity contribution in [2.45, 2.75) is 12.4 Å². The summed E-state index contributed by atoms with van der Waals surface area (Å²) in [5, 5.41) is 6.85. The molecule has 0 atom stereocenters. The molecule has 0 aliphatic carbocycles.